The standard InChI is InChI=1S/C17H26N4O5/c1-5-20(6-2)17(24)13-7-12(8-21(13)14(22)9-25-4)19-16(23)15-11(3)26-10-18-15/h10,12-13H,5-9H2,1-4H3,(H,19,23)/t12-,13+/m1/s1. The van der Waals surface area contributed by atoms with Crippen LogP contribution in [0.4, 0.5) is 0 Å². The van der Waals surface area contributed by atoms with Gasteiger partial charge in [-0.25, -0.2) is 4.98 Å². The molecule has 2 rings (SSSR count). The van der Waals surface area contributed by atoms with Crippen LogP contribution in [-0.4, -0.2) is 77.9 Å². The van der Waals surface area contributed by atoms with Gasteiger partial charge < -0.3 is 24.3 Å². The van der Waals surface area contributed by atoms with Crippen molar-refractivity contribution in [1.29, 1.82) is 0 Å². The summed E-state index contributed by atoms with van der Waals surface area (Å²) < 4.78 is 9.97. The number of carbonyl (C=O) groups is 3. The Morgan fingerprint density at radius 3 is 2.62 bits per heavy atom. The Labute approximate surface area is 152 Å². The van der Waals surface area contributed by atoms with Gasteiger partial charge in [0.2, 0.25) is 11.8 Å². The molecule has 1 aliphatic rings. The highest BCUT2D eigenvalue weighted by atomic mass is 16.5. The van der Waals surface area contributed by atoms with Crippen molar-refractivity contribution in [1.82, 2.24) is 20.1 Å². The summed E-state index contributed by atoms with van der Waals surface area (Å²) in [5.41, 5.74) is 0.207. The third-order valence-corrected chi connectivity index (χ3v) is 4.54. The molecule has 0 radical (unpaired) electrons. The number of hydrogen-bond donors (Lipinski definition) is 1. The largest absolute Gasteiger partial charge is 0.448 e. The molecule has 0 aromatic carbocycles. The molecule has 3 amide bonds. The van der Waals surface area contributed by atoms with Gasteiger partial charge in [0, 0.05) is 32.8 Å². The lowest BCUT2D eigenvalue weighted by atomic mass is 10.1. The number of likely N-dealkylation sites (N-methyl/N-ethyl adjacent to an activating group) is 1. The second-order valence-electron chi connectivity index (χ2n) is 6.17. The van der Waals surface area contributed by atoms with Gasteiger partial charge in [0.1, 0.15) is 18.4 Å². The number of nitrogens with one attached hydrogen (secondary N) is 1. The molecular formula is C17H26N4O5. The fourth-order valence-corrected chi connectivity index (χ4v) is 3.18. The molecule has 0 bridgehead atoms. The van der Waals surface area contributed by atoms with E-state index >= 15 is 0 Å². The number of methoxy groups -OCH3 is 1. The van der Waals surface area contributed by atoms with Crippen LogP contribution in [0.25, 0.3) is 0 Å². The number of aryl methyl sites for hydroxylation is 1. The Morgan fingerprint density at radius 2 is 2.08 bits per heavy atom. The van der Waals surface area contributed by atoms with Crippen LogP contribution < -0.4 is 5.32 Å². The van der Waals surface area contributed by atoms with Crippen molar-refractivity contribution in [3.8, 4) is 0 Å². The molecule has 9 heteroatoms. The minimum atomic E-state index is -0.610. The lowest BCUT2D eigenvalue weighted by Crippen LogP contribution is -2.48. The van der Waals surface area contributed by atoms with Crippen LogP contribution in [0.5, 0.6) is 0 Å². The molecule has 1 aromatic rings. The van der Waals surface area contributed by atoms with Gasteiger partial charge in [0.05, 0.1) is 0 Å². The molecule has 1 aromatic heterocycles. The van der Waals surface area contributed by atoms with E-state index in [-0.39, 0.29) is 42.6 Å². The van der Waals surface area contributed by atoms with Gasteiger partial charge in [-0.1, -0.05) is 0 Å². The Hall–Kier alpha value is -2.42. The van der Waals surface area contributed by atoms with E-state index in [1.165, 1.54) is 18.4 Å². The van der Waals surface area contributed by atoms with Gasteiger partial charge in [0.15, 0.2) is 12.1 Å². The zero-order valence-electron chi connectivity index (χ0n) is 15.7. The zero-order chi connectivity index (χ0) is 19.3. The lowest BCUT2D eigenvalue weighted by molar-refractivity contribution is -0.145. The number of rotatable bonds is 7. The lowest BCUT2D eigenvalue weighted by Gasteiger charge is -2.28. The smallest absolute Gasteiger partial charge is 0.273 e. The van der Waals surface area contributed by atoms with Gasteiger partial charge in [-0.3, -0.25) is 14.4 Å². The number of oxazole rings is 1. The summed E-state index contributed by atoms with van der Waals surface area (Å²) in [6.07, 6.45) is 1.56. The molecule has 1 N–H and O–H groups in total. The van der Waals surface area contributed by atoms with E-state index in [9.17, 15) is 14.4 Å². The van der Waals surface area contributed by atoms with Gasteiger partial charge in [-0.05, 0) is 27.2 Å². The fraction of sp³-hybridized carbons (Fsp3) is 0.647. The van der Waals surface area contributed by atoms with Crippen LogP contribution in [0, 0.1) is 6.92 Å². The molecule has 9 nitrogen and oxygen atoms in total. The topological polar surface area (TPSA) is 105 Å². The molecule has 1 aliphatic heterocycles. The molecule has 0 aliphatic carbocycles. The van der Waals surface area contributed by atoms with E-state index in [1.807, 2.05) is 13.8 Å². The molecule has 144 valence electrons. The van der Waals surface area contributed by atoms with Crippen LogP contribution in [0.2, 0.25) is 0 Å². The average Bonchev–Trinajstić information content (AvgIpc) is 3.22. The minimum absolute atomic E-state index is 0.106. The summed E-state index contributed by atoms with van der Waals surface area (Å²) in [7, 11) is 1.43. The third kappa shape index (κ3) is 4.21. The normalized spacial score (nSPS) is 19.5. The van der Waals surface area contributed by atoms with E-state index in [2.05, 4.69) is 10.3 Å². The Kier molecular flexibility index (Phi) is 6.73. The maximum absolute atomic E-state index is 12.8. The first kappa shape index (κ1) is 19.9. The number of aromatic nitrogens is 1. The third-order valence-electron chi connectivity index (χ3n) is 4.54. The van der Waals surface area contributed by atoms with Crippen molar-refractivity contribution >= 4 is 17.7 Å². The van der Waals surface area contributed by atoms with Crippen molar-refractivity contribution in [2.45, 2.75) is 39.3 Å². The van der Waals surface area contributed by atoms with Crippen molar-refractivity contribution < 1.29 is 23.5 Å². The number of nitrogens with zero attached hydrogens (tertiary/aromatic N) is 3. The summed E-state index contributed by atoms with van der Waals surface area (Å²) >= 11 is 0. The second-order valence-corrected chi connectivity index (χ2v) is 6.17. The summed E-state index contributed by atoms with van der Waals surface area (Å²) in [6, 6.07) is -0.954. The van der Waals surface area contributed by atoms with Crippen molar-refractivity contribution in [2.24, 2.45) is 0 Å². The first-order valence-electron chi connectivity index (χ1n) is 8.70. The molecule has 2 heterocycles. The second kappa shape index (κ2) is 8.79. The monoisotopic (exact) mass is 366 g/mol. The van der Waals surface area contributed by atoms with Crippen LogP contribution in [0.1, 0.15) is 36.5 Å². The number of hydrogen-bond acceptors (Lipinski definition) is 6. The van der Waals surface area contributed by atoms with Crippen molar-refractivity contribution in [3.05, 3.63) is 17.8 Å². The van der Waals surface area contributed by atoms with E-state index in [0.29, 0.717) is 25.3 Å². The molecule has 2 atom stereocenters. The quantitative estimate of drug-likeness (QED) is 0.739. The highest BCUT2D eigenvalue weighted by Crippen LogP contribution is 2.21. The van der Waals surface area contributed by atoms with Gasteiger partial charge in [-0.15, -0.1) is 0 Å². The number of carbonyl (C=O) groups excluding carboxylic acids is 3. The highest BCUT2D eigenvalue weighted by Gasteiger charge is 2.41. The Bertz CT molecular complexity index is 655. The first-order chi connectivity index (χ1) is 12.4. The van der Waals surface area contributed by atoms with Crippen molar-refractivity contribution in [2.75, 3.05) is 33.4 Å². The van der Waals surface area contributed by atoms with E-state index < -0.39 is 6.04 Å². The van der Waals surface area contributed by atoms with Crippen LogP contribution >= 0.6 is 0 Å². The Morgan fingerprint density at radius 1 is 1.38 bits per heavy atom. The number of ether oxygens (including phenoxy) is 1. The van der Waals surface area contributed by atoms with Gasteiger partial charge in [-0.2, -0.15) is 0 Å². The minimum Gasteiger partial charge on any atom is -0.448 e. The molecule has 1 saturated heterocycles. The molecule has 1 fully saturated rings. The summed E-state index contributed by atoms with van der Waals surface area (Å²) in [6.45, 7) is 6.71. The highest BCUT2D eigenvalue weighted by molar-refractivity contribution is 5.94. The summed E-state index contributed by atoms with van der Waals surface area (Å²) in [5.74, 6) is -0.346. The first-order valence-corrected chi connectivity index (χ1v) is 8.70. The average molecular weight is 366 g/mol. The van der Waals surface area contributed by atoms with Gasteiger partial charge >= 0.3 is 0 Å². The van der Waals surface area contributed by atoms with E-state index in [0.717, 1.165) is 0 Å². The van der Waals surface area contributed by atoms with Crippen molar-refractivity contribution in [3.63, 3.8) is 0 Å². The van der Waals surface area contributed by atoms with E-state index in [1.54, 1.807) is 11.8 Å². The molecule has 0 saturated carbocycles. The molecular weight excluding hydrogens is 340 g/mol. The van der Waals surface area contributed by atoms with Crippen LogP contribution in [0.15, 0.2) is 10.8 Å². The summed E-state index contributed by atoms with van der Waals surface area (Å²) in [5, 5.41) is 2.84. The van der Waals surface area contributed by atoms with Gasteiger partial charge in [0.25, 0.3) is 5.91 Å². The molecule has 26 heavy (non-hydrogen) atoms. The Balaban J connectivity index is 2.13. The zero-order valence-corrected chi connectivity index (χ0v) is 15.7. The number of amides is 3. The number of likely N-dealkylation sites (tertiary alicyclic amines) is 1. The van der Waals surface area contributed by atoms with Crippen LogP contribution in [-0.2, 0) is 14.3 Å². The maximum Gasteiger partial charge on any atom is 0.273 e. The predicted octanol–water partition coefficient (Wildman–Crippen LogP) is 0.197. The molecule has 0 unspecified atom stereocenters. The summed E-state index contributed by atoms with van der Waals surface area (Å²) in [4.78, 5) is 44.6. The molecule has 0 spiro atoms. The van der Waals surface area contributed by atoms with Crippen LogP contribution in [0.3, 0.4) is 0 Å². The predicted molar refractivity (Wildman–Crippen MR) is 92.4 cm³/mol. The van der Waals surface area contributed by atoms with E-state index in [4.69, 9.17) is 9.15 Å². The fourth-order valence-electron chi connectivity index (χ4n) is 3.18. The maximum atomic E-state index is 12.8. The SMILES string of the molecule is CCN(CC)C(=O)[C@@H]1C[C@@H](NC(=O)c2ncoc2C)CN1C(=O)COC.